The zero-order chi connectivity index (χ0) is 23.0. The number of hydrogen-bond acceptors (Lipinski definition) is 5. The average Bonchev–Trinajstić information content (AvgIpc) is 3.15. The number of carbonyl (C=O) groups excluding carboxylic acids is 1. The molecule has 3 aromatic rings. The van der Waals surface area contributed by atoms with E-state index in [1.807, 2.05) is 0 Å². The Morgan fingerprint density at radius 2 is 1.52 bits per heavy atom. The van der Waals surface area contributed by atoms with Gasteiger partial charge in [-0.1, -0.05) is 11.3 Å². The maximum atomic E-state index is 14.3. The summed E-state index contributed by atoms with van der Waals surface area (Å²) in [4.78, 5) is 12.0. The van der Waals surface area contributed by atoms with E-state index in [1.165, 1.54) is 5.51 Å². The Balaban J connectivity index is 1.94. The third-order valence-electron chi connectivity index (χ3n) is 3.64. The molecule has 0 unspecified atom stereocenters. The topological polar surface area (TPSA) is 64.1 Å². The summed E-state index contributed by atoms with van der Waals surface area (Å²) in [6.07, 6.45) is -10.3. The third kappa shape index (κ3) is 5.25. The number of halogens is 8. The SMILES string of the molecule is O=C(Nc1nncs1)c1cc(F)c(Oc2cc(C(F)(F)F)cc(C(F)(F)F)c2)cc1F. The minimum atomic E-state index is -5.16. The zero-order valence-corrected chi connectivity index (χ0v) is 15.4. The molecule has 1 aromatic heterocycles. The van der Waals surface area contributed by atoms with Crippen LogP contribution >= 0.6 is 11.3 Å². The van der Waals surface area contributed by atoms with Crippen molar-refractivity contribution in [3.05, 3.63) is 64.2 Å². The summed E-state index contributed by atoms with van der Waals surface area (Å²) in [7, 11) is 0. The molecule has 0 aliphatic carbocycles. The van der Waals surface area contributed by atoms with Crippen molar-refractivity contribution in [1.82, 2.24) is 10.2 Å². The first-order valence-corrected chi connectivity index (χ1v) is 8.76. The second-order valence-electron chi connectivity index (χ2n) is 5.80. The summed E-state index contributed by atoms with van der Waals surface area (Å²) in [5.74, 6) is -5.93. The largest absolute Gasteiger partial charge is 0.454 e. The average molecular weight is 469 g/mol. The van der Waals surface area contributed by atoms with Crippen LogP contribution < -0.4 is 10.1 Å². The van der Waals surface area contributed by atoms with E-state index in [4.69, 9.17) is 4.74 Å². The van der Waals surface area contributed by atoms with Crippen LogP contribution in [0.15, 0.2) is 35.8 Å². The van der Waals surface area contributed by atoms with Crippen molar-refractivity contribution in [1.29, 1.82) is 0 Å². The predicted octanol–water partition coefficient (Wildman–Crippen LogP) is 5.90. The summed E-state index contributed by atoms with van der Waals surface area (Å²) in [6.45, 7) is 0. The fourth-order valence-electron chi connectivity index (χ4n) is 2.29. The van der Waals surface area contributed by atoms with Gasteiger partial charge in [0.1, 0.15) is 17.1 Å². The number of hydrogen-bond donors (Lipinski definition) is 1. The highest BCUT2D eigenvalue weighted by molar-refractivity contribution is 7.13. The number of ether oxygens (including phenoxy) is 1. The summed E-state index contributed by atoms with van der Waals surface area (Å²) in [5.41, 5.74) is -2.95. The van der Waals surface area contributed by atoms with Gasteiger partial charge in [0.25, 0.3) is 5.91 Å². The number of anilines is 1. The van der Waals surface area contributed by atoms with Gasteiger partial charge in [-0.2, -0.15) is 26.3 Å². The maximum absolute atomic E-state index is 14.3. The molecule has 1 N–H and O–H groups in total. The third-order valence-corrected chi connectivity index (χ3v) is 4.24. The highest BCUT2D eigenvalue weighted by atomic mass is 32.1. The van der Waals surface area contributed by atoms with Crippen molar-refractivity contribution >= 4 is 22.4 Å². The first-order valence-electron chi connectivity index (χ1n) is 7.88. The number of carbonyl (C=O) groups is 1. The molecule has 1 amide bonds. The van der Waals surface area contributed by atoms with Crippen LogP contribution in [0.2, 0.25) is 0 Å². The van der Waals surface area contributed by atoms with E-state index < -0.39 is 58.1 Å². The second-order valence-corrected chi connectivity index (χ2v) is 6.64. The number of alkyl halides is 6. The van der Waals surface area contributed by atoms with Gasteiger partial charge in [0.2, 0.25) is 5.13 Å². The monoisotopic (exact) mass is 469 g/mol. The van der Waals surface area contributed by atoms with Gasteiger partial charge in [0.15, 0.2) is 11.6 Å². The number of nitrogens with zero attached hydrogens (tertiary/aromatic N) is 2. The lowest BCUT2D eigenvalue weighted by Crippen LogP contribution is -2.14. The van der Waals surface area contributed by atoms with Crippen LogP contribution in [0.5, 0.6) is 11.5 Å². The Labute approximate surface area is 171 Å². The summed E-state index contributed by atoms with van der Waals surface area (Å²) >= 11 is 0.889. The number of amides is 1. The zero-order valence-electron chi connectivity index (χ0n) is 14.6. The molecule has 0 atom stereocenters. The standard InChI is InChI=1S/C17H7F8N3O2S/c18-11-5-13(12(19)4-10(11)14(29)27-15-28-26-6-31-15)30-9-2-7(16(20,21)22)1-8(3-9)17(23,24)25/h1-6H,(H,27,28,29). The van der Waals surface area contributed by atoms with Crippen LogP contribution in [0.3, 0.4) is 0 Å². The van der Waals surface area contributed by atoms with E-state index in [0.717, 1.165) is 11.3 Å². The lowest BCUT2D eigenvalue weighted by atomic mass is 10.1. The maximum Gasteiger partial charge on any atom is 0.416 e. The quantitative estimate of drug-likeness (QED) is 0.484. The van der Waals surface area contributed by atoms with Gasteiger partial charge in [-0.05, 0) is 24.3 Å². The van der Waals surface area contributed by atoms with Crippen molar-refractivity contribution in [3.8, 4) is 11.5 Å². The molecule has 0 aliphatic heterocycles. The smallest absolute Gasteiger partial charge is 0.416 e. The van der Waals surface area contributed by atoms with E-state index in [0.29, 0.717) is 12.1 Å². The van der Waals surface area contributed by atoms with Crippen molar-refractivity contribution in [2.75, 3.05) is 5.32 Å². The molecule has 0 bridgehead atoms. The first-order chi connectivity index (χ1) is 14.3. The molecule has 0 spiro atoms. The highest BCUT2D eigenvalue weighted by Gasteiger charge is 2.37. The van der Waals surface area contributed by atoms with Gasteiger partial charge in [0.05, 0.1) is 16.7 Å². The Morgan fingerprint density at radius 3 is 2.03 bits per heavy atom. The predicted molar refractivity (Wildman–Crippen MR) is 90.7 cm³/mol. The molecule has 3 rings (SSSR count). The summed E-state index contributed by atoms with van der Waals surface area (Å²) in [6, 6.07) is 0.938. The summed E-state index contributed by atoms with van der Waals surface area (Å²) < 4.78 is 111. The van der Waals surface area contributed by atoms with E-state index in [2.05, 4.69) is 15.5 Å². The minimum absolute atomic E-state index is 0.0196. The van der Waals surface area contributed by atoms with E-state index in [1.54, 1.807) is 0 Å². The first kappa shape index (κ1) is 22.4. The molecule has 0 saturated heterocycles. The molecule has 31 heavy (non-hydrogen) atoms. The second kappa shape index (κ2) is 8.09. The molecule has 5 nitrogen and oxygen atoms in total. The molecule has 1 heterocycles. The van der Waals surface area contributed by atoms with Crippen molar-refractivity contribution in [2.24, 2.45) is 0 Å². The molecule has 0 fully saturated rings. The number of nitrogens with one attached hydrogen (secondary N) is 1. The highest BCUT2D eigenvalue weighted by Crippen LogP contribution is 2.39. The van der Waals surface area contributed by atoms with Crippen LogP contribution in [0.4, 0.5) is 40.3 Å². The van der Waals surface area contributed by atoms with Gasteiger partial charge < -0.3 is 4.74 Å². The van der Waals surface area contributed by atoms with Crippen molar-refractivity contribution in [2.45, 2.75) is 12.4 Å². The minimum Gasteiger partial charge on any atom is -0.454 e. The molecule has 0 saturated carbocycles. The molecular formula is C17H7F8N3O2S. The summed E-state index contributed by atoms with van der Waals surface area (Å²) in [5, 5.41) is 9.01. The molecular weight excluding hydrogens is 462 g/mol. The van der Waals surface area contributed by atoms with Gasteiger partial charge in [0, 0.05) is 6.07 Å². The van der Waals surface area contributed by atoms with Crippen molar-refractivity contribution in [3.63, 3.8) is 0 Å². The van der Waals surface area contributed by atoms with Crippen LogP contribution in [0, 0.1) is 11.6 Å². The van der Waals surface area contributed by atoms with Crippen LogP contribution in [0.25, 0.3) is 0 Å². The Bertz CT molecular complexity index is 1080. The molecule has 164 valence electrons. The van der Waals surface area contributed by atoms with Crippen LogP contribution in [-0.4, -0.2) is 16.1 Å². The Kier molecular flexibility index (Phi) is 5.85. The fraction of sp³-hybridized carbons (Fsp3) is 0.118. The molecule has 0 aliphatic rings. The number of benzene rings is 2. The van der Waals surface area contributed by atoms with Gasteiger partial charge in [-0.3, -0.25) is 10.1 Å². The molecule has 14 heteroatoms. The van der Waals surface area contributed by atoms with Gasteiger partial charge >= 0.3 is 12.4 Å². The van der Waals surface area contributed by atoms with E-state index in [-0.39, 0.29) is 23.3 Å². The van der Waals surface area contributed by atoms with Gasteiger partial charge in [-0.25, -0.2) is 8.78 Å². The number of aromatic nitrogens is 2. The normalized spacial score (nSPS) is 12.0. The molecule has 0 radical (unpaired) electrons. The Morgan fingerprint density at radius 1 is 0.903 bits per heavy atom. The van der Waals surface area contributed by atoms with Gasteiger partial charge in [-0.15, -0.1) is 10.2 Å². The van der Waals surface area contributed by atoms with Crippen LogP contribution in [0.1, 0.15) is 21.5 Å². The lowest BCUT2D eigenvalue weighted by Gasteiger charge is -2.15. The lowest BCUT2D eigenvalue weighted by molar-refractivity contribution is -0.143. The molecule has 2 aromatic carbocycles. The van der Waals surface area contributed by atoms with E-state index >= 15 is 0 Å². The fourth-order valence-corrected chi connectivity index (χ4v) is 2.73. The number of rotatable bonds is 4. The Hall–Kier alpha value is -3.29. The van der Waals surface area contributed by atoms with Crippen molar-refractivity contribution < 1.29 is 44.7 Å². The van der Waals surface area contributed by atoms with E-state index in [9.17, 15) is 39.9 Å². The van der Waals surface area contributed by atoms with Crippen LogP contribution in [-0.2, 0) is 12.4 Å².